The molecule has 1 heterocycles. The highest BCUT2D eigenvalue weighted by atomic mass is 79.9. The topological polar surface area (TPSA) is 109 Å². The first-order chi connectivity index (χ1) is 13.5. The van der Waals surface area contributed by atoms with Crippen LogP contribution >= 0.6 is 15.9 Å². The summed E-state index contributed by atoms with van der Waals surface area (Å²) in [7, 11) is 1.36. The van der Waals surface area contributed by atoms with Gasteiger partial charge in [-0.2, -0.15) is 5.10 Å². The zero-order valence-electron chi connectivity index (χ0n) is 14.7. The van der Waals surface area contributed by atoms with Gasteiger partial charge in [-0.05, 0) is 36.4 Å². The van der Waals surface area contributed by atoms with E-state index in [1.54, 1.807) is 6.20 Å². The first-order valence-electron chi connectivity index (χ1n) is 8.02. The van der Waals surface area contributed by atoms with Gasteiger partial charge in [0.1, 0.15) is 11.5 Å². The molecule has 1 amide bonds. The summed E-state index contributed by atoms with van der Waals surface area (Å²) in [5, 5.41) is 17.6. The first kappa shape index (κ1) is 19.4. The minimum absolute atomic E-state index is 0.135. The maximum atomic E-state index is 12.4. The number of hydrogen-bond donors (Lipinski definition) is 1. The van der Waals surface area contributed by atoms with Crippen LogP contribution in [0.15, 0.2) is 59.2 Å². The lowest BCUT2D eigenvalue weighted by atomic mass is 10.2. The second kappa shape index (κ2) is 8.53. The lowest BCUT2D eigenvalue weighted by Gasteiger charge is -2.09. The van der Waals surface area contributed by atoms with Crippen molar-refractivity contribution in [3.05, 3.63) is 75.0 Å². The summed E-state index contributed by atoms with van der Waals surface area (Å²) >= 11 is 3.35. The van der Waals surface area contributed by atoms with Crippen LogP contribution in [0.1, 0.15) is 10.5 Å². The van der Waals surface area contributed by atoms with Crippen molar-refractivity contribution in [3.63, 3.8) is 0 Å². The molecule has 0 fully saturated rings. The van der Waals surface area contributed by atoms with Crippen molar-refractivity contribution in [2.75, 3.05) is 12.4 Å². The van der Waals surface area contributed by atoms with Crippen molar-refractivity contribution in [1.29, 1.82) is 0 Å². The number of carbonyl (C=O) groups excluding carboxylic acids is 1. The Labute approximate surface area is 168 Å². The van der Waals surface area contributed by atoms with E-state index in [0.29, 0.717) is 11.4 Å². The maximum Gasteiger partial charge on any atom is 0.276 e. The van der Waals surface area contributed by atoms with Crippen LogP contribution in [-0.2, 0) is 6.73 Å². The summed E-state index contributed by atoms with van der Waals surface area (Å²) in [6.45, 7) is 0.135. The number of hydrogen-bond acceptors (Lipinski definition) is 6. The molecule has 10 heteroatoms. The number of non-ortho nitro benzene ring substituents is 1. The van der Waals surface area contributed by atoms with Gasteiger partial charge in [-0.1, -0.05) is 15.9 Å². The van der Waals surface area contributed by atoms with Gasteiger partial charge in [0.25, 0.3) is 11.6 Å². The minimum Gasteiger partial charge on any atom is -0.494 e. The number of benzene rings is 2. The molecule has 1 aromatic heterocycles. The van der Waals surface area contributed by atoms with Crippen LogP contribution in [0, 0.1) is 10.1 Å². The Morgan fingerprint density at radius 3 is 2.68 bits per heavy atom. The quantitative estimate of drug-likeness (QED) is 0.436. The van der Waals surface area contributed by atoms with E-state index >= 15 is 0 Å². The molecule has 9 nitrogen and oxygen atoms in total. The van der Waals surface area contributed by atoms with Gasteiger partial charge < -0.3 is 14.8 Å². The van der Waals surface area contributed by atoms with Crippen LogP contribution in [0.25, 0.3) is 0 Å². The Hall–Kier alpha value is -3.40. The molecule has 0 aliphatic carbocycles. The van der Waals surface area contributed by atoms with Crippen molar-refractivity contribution >= 4 is 33.2 Å². The Kier molecular flexibility index (Phi) is 5.90. The number of aromatic nitrogens is 2. The zero-order chi connectivity index (χ0) is 20.1. The Balaban J connectivity index is 1.65. The molecule has 0 spiro atoms. The standard InChI is InChI=1S/C18H15BrN4O5/c1-27-17-10-13(23(25)26)4-7-15(17)20-18(24)16-8-9-22(21-16)11-28-14-5-2-12(19)3-6-14/h2-10H,11H2,1H3,(H,20,24). The first-order valence-corrected chi connectivity index (χ1v) is 8.81. The van der Waals surface area contributed by atoms with Crippen LogP contribution < -0.4 is 14.8 Å². The summed E-state index contributed by atoms with van der Waals surface area (Å²) in [5.41, 5.74) is 0.336. The zero-order valence-corrected chi connectivity index (χ0v) is 16.3. The average molecular weight is 447 g/mol. The van der Waals surface area contributed by atoms with E-state index in [1.807, 2.05) is 24.3 Å². The van der Waals surface area contributed by atoms with E-state index in [2.05, 4.69) is 26.3 Å². The number of anilines is 1. The Morgan fingerprint density at radius 2 is 2.00 bits per heavy atom. The number of rotatable bonds is 7. The van der Waals surface area contributed by atoms with E-state index in [4.69, 9.17) is 9.47 Å². The lowest BCUT2D eigenvalue weighted by molar-refractivity contribution is -0.384. The van der Waals surface area contributed by atoms with Crippen LogP contribution in [-0.4, -0.2) is 27.7 Å². The molecular weight excluding hydrogens is 432 g/mol. The number of nitrogens with zero attached hydrogens (tertiary/aromatic N) is 3. The summed E-state index contributed by atoms with van der Waals surface area (Å²) in [6.07, 6.45) is 1.61. The Morgan fingerprint density at radius 1 is 1.25 bits per heavy atom. The van der Waals surface area contributed by atoms with Crippen LogP contribution in [0.4, 0.5) is 11.4 Å². The molecule has 0 saturated heterocycles. The fourth-order valence-electron chi connectivity index (χ4n) is 2.31. The molecule has 3 rings (SSSR count). The third-order valence-corrected chi connectivity index (χ3v) is 4.22. The number of methoxy groups -OCH3 is 1. The number of halogens is 1. The molecule has 28 heavy (non-hydrogen) atoms. The molecule has 3 aromatic rings. The fourth-order valence-corrected chi connectivity index (χ4v) is 2.57. The van der Waals surface area contributed by atoms with E-state index in [9.17, 15) is 14.9 Å². The molecule has 144 valence electrons. The lowest BCUT2D eigenvalue weighted by Crippen LogP contribution is -2.15. The van der Waals surface area contributed by atoms with Gasteiger partial charge in [0.05, 0.1) is 23.8 Å². The SMILES string of the molecule is COc1cc([N+](=O)[O-])ccc1NC(=O)c1ccn(COc2ccc(Br)cc2)n1. The second-order valence-electron chi connectivity index (χ2n) is 5.56. The van der Waals surface area contributed by atoms with Crippen LogP contribution in [0.5, 0.6) is 11.5 Å². The largest absolute Gasteiger partial charge is 0.494 e. The number of amides is 1. The van der Waals surface area contributed by atoms with Gasteiger partial charge in [-0.25, -0.2) is 4.68 Å². The van der Waals surface area contributed by atoms with Gasteiger partial charge in [-0.15, -0.1) is 0 Å². The van der Waals surface area contributed by atoms with Crippen LogP contribution in [0.3, 0.4) is 0 Å². The summed E-state index contributed by atoms with van der Waals surface area (Å²) in [5.74, 6) is 0.371. The summed E-state index contributed by atoms with van der Waals surface area (Å²) in [4.78, 5) is 22.7. The normalized spacial score (nSPS) is 10.4. The molecular formula is C18H15BrN4O5. The molecule has 0 aliphatic rings. The number of nitro benzene ring substituents is 1. The van der Waals surface area contributed by atoms with Crippen molar-refractivity contribution in [3.8, 4) is 11.5 Å². The molecule has 0 radical (unpaired) electrons. The van der Waals surface area contributed by atoms with E-state index < -0.39 is 10.8 Å². The van der Waals surface area contributed by atoms with E-state index in [0.717, 1.165) is 4.47 Å². The van der Waals surface area contributed by atoms with Crippen molar-refractivity contribution in [2.24, 2.45) is 0 Å². The van der Waals surface area contributed by atoms with Gasteiger partial charge in [-0.3, -0.25) is 14.9 Å². The summed E-state index contributed by atoms with van der Waals surface area (Å²) in [6, 6.07) is 12.8. The smallest absolute Gasteiger partial charge is 0.276 e. The highest BCUT2D eigenvalue weighted by Crippen LogP contribution is 2.29. The van der Waals surface area contributed by atoms with Crippen LogP contribution in [0.2, 0.25) is 0 Å². The molecule has 0 aliphatic heterocycles. The monoisotopic (exact) mass is 446 g/mol. The molecule has 0 bridgehead atoms. The minimum atomic E-state index is -0.540. The Bertz CT molecular complexity index is 1000. The van der Waals surface area contributed by atoms with Crippen molar-refractivity contribution in [1.82, 2.24) is 9.78 Å². The molecule has 0 saturated carbocycles. The maximum absolute atomic E-state index is 12.4. The predicted molar refractivity (Wildman–Crippen MR) is 105 cm³/mol. The number of ether oxygens (including phenoxy) is 2. The van der Waals surface area contributed by atoms with Gasteiger partial charge >= 0.3 is 0 Å². The second-order valence-corrected chi connectivity index (χ2v) is 6.48. The fraction of sp³-hybridized carbons (Fsp3) is 0.111. The molecule has 1 N–H and O–H groups in total. The highest BCUT2D eigenvalue weighted by Gasteiger charge is 2.16. The average Bonchev–Trinajstić information content (AvgIpc) is 3.17. The van der Waals surface area contributed by atoms with Gasteiger partial charge in [0.2, 0.25) is 0 Å². The molecule has 2 aromatic carbocycles. The van der Waals surface area contributed by atoms with Gasteiger partial charge in [0, 0.05) is 16.7 Å². The van der Waals surface area contributed by atoms with E-state index in [1.165, 1.54) is 36.1 Å². The van der Waals surface area contributed by atoms with E-state index in [-0.39, 0.29) is 23.9 Å². The predicted octanol–water partition coefficient (Wildman–Crippen LogP) is 3.85. The molecule has 0 unspecified atom stereocenters. The number of nitrogens with one attached hydrogen (secondary N) is 1. The highest BCUT2D eigenvalue weighted by molar-refractivity contribution is 9.10. The number of carbonyl (C=O) groups is 1. The molecule has 0 atom stereocenters. The van der Waals surface area contributed by atoms with Crippen molar-refractivity contribution in [2.45, 2.75) is 6.73 Å². The third kappa shape index (κ3) is 4.65. The summed E-state index contributed by atoms with van der Waals surface area (Å²) < 4.78 is 13.1. The third-order valence-electron chi connectivity index (χ3n) is 3.69. The number of nitro groups is 1. The van der Waals surface area contributed by atoms with Crippen molar-refractivity contribution < 1.29 is 19.2 Å². The van der Waals surface area contributed by atoms with Gasteiger partial charge in [0.15, 0.2) is 12.4 Å².